The fourth-order valence-electron chi connectivity index (χ4n) is 5.01. The zero-order valence-corrected chi connectivity index (χ0v) is 21.8. The molecule has 0 unspecified atom stereocenters. The Morgan fingerprint density at radius 1 is 0.923 bits per heavy atom. The Labute approximate surface area is 231 Å². The van der Waals surface area contributed by atoms with Gasteiger partial charge in [0, 0.05) is 29.4 Å². The lowest BCUT2D eigenvalue weighted by Gasteiger charge is -2.44. The number of aromatic nitrogens is 1. The van der Waals surface area contributed by atoms with Crippen LogP contribution < -0.4 is 19.9 Å². The maximum absolute atomic E-state index is 13.9. The van der Waals surface area contributed by atoms with Gasteiger partial charge >= 0.3 is 0 Å². The van der Waals surface area contributed by atoms with Gasteiger partial charge in [-0.1, -0.05) is 84.4 Å². The molecule has 2 bridgehead atoms. The van der Waals surface area contributed by atoms with Crippen LogP contribution in [0.5, 0.6) is 11.5 Å². The van der Waals surface area contributed by atoms with Crippen LogP contribution in [0.1, 0.15) is 33.2 Å². The number of hydrogen-bond donors (Lipinski definition) is 0. The van der Waals surface area contributed by atoms with Crippen molar-refractivity contribution in [2.24, 2.45) is 0 Å². The summed E-state index contributed by atoms with van der Waals surface area (Å²) in [4.78, 5) is 28.7. The number of benzene rings is 3. The molecule has 0 saturated carbocycles. The summed E-state index contributed by atoms with van der Waals surface area (Å²) in [5, 5.41) is 2.62. The number of rotatable bonds is 4. The van der Waals surface area contributed by atoms with Crippen LogP contribution in [0.3, 0.4) is 0 Å². The van der Waals surface area contributed by atoms with Crippen LogP contribution in [0, 0.1) is 0 Å². The van der Waals surface area contributed by atoms with E-state index in [4.69, 9.17) is 21.1 Å². The third-order valence-corrected chi connectivity index (χ3v) is 7.09. The topological polar surface area (TPSA) is 64.0 Å². The summed E-state index contributed by atoms with van der Waals surface area (Å²) in [5.74, 6) is 0.397. The molecule has 3 aromatic carbocycles. The lowest BCUT2D eigenvalue weighted by atomic mass is 9.97. The first-order valence-corrected chi connectivity index (χ1v) is 13.1. The number of nitrogens with zero attached hydrogens (tertiary/aromatic N) is 3. The molecule has 3 heterocycles. The highest BCUT2D eigenvalue weighted by Crippen LogP contribution is 2.38. The van der Waals surface area contributed by atoms with E-state index in [0.717, 1.165) is 16.7 Å². The third-order valence-electron chi connectivity index (χ3n) is 6.85. The molecule has 6 rings (SSSR count). The van der Waals surface area contributed by atoms with E-state index in [2.05, 4.69) is 5.01 Å². The molecule has 0 N–H and O–H groups in total. The van der Waals surface area contributed by atoms with E-state index < -0.39 is 0 Å². The molecule has 1 amide bonds. The predicted molar refractivity (Wildman–Crippen MR) is 150 cm³/mol. The van der Waals surface area contributed by atoms with Crippen LogP contribution in [-0.2, 0) is 6.61 Å². The Bertz CT molecular complexity index is 1590. The molecule has 4 aromatic rings. The summed E-state index contributed by atoms with van der Waals surface area (Å²) in [5.41, 5.74) is 2.61. The second-order valence-electron chi connectivity index (χ2n) is 9.36. The van der Waals surface area contributed by atoms with Gasteiger partial charge in [0.2, 0.25) is 5.43 Å². The minimum Gasteiger partial charge on any atom is -0.489 e. The van der Waals surface area contributed by atoms with Crippen LogP contribution in [0.25, 0.3) is 0 Å². The minimum atomic E-state index is -0.365. The van der Waals surface area contributed by atoms with E-state index in [1.165, 1.54) is 6.07 Å². The Kier molecular flexibility index (Phi) is 6.82. The number of fused-ring (bicyclic) bond motifs is 5. The van der Waals surface area contributed by atoms with E-state index in [1.54, 1.807) is 15.8 Å². The highest BCUT2D eigenvalue weighted by Gasteiger charge is 2.37. The average molecular weight is 540 g/mol. The van der Waals surface area contributed by atoms with E-state index in [1.807, 2.05) is 91.0 Å². The third kappa shape index (κ3) is 4.89. The number of amides is 1. The van der Waals surface area contributed by atoms with Crippen LogP contribution in [0.15, 0.2) is 108 Å². The molecule has 1 aromatic heterocycles. The number of carbonyl (C=O) groups is 1. The summed E-state index contributed by atoms with van der Waals surface area (Å²) in [6.45, 7) is 1.11. The number of ether oxygens (including phenoxy) is 2. The standard InChI is InChI=1S/C31H26ClN3O4/c32-24-13-14-25-27(19-24)38-18-8-7-16-33-21-35(28(25)23-11-5-2-6-12-23)34-17-15-26(36)30(29(34)31(33)37)39-20-22-9-3-1-4-10-22/h1-15,17,19,28H,16,18,20-21H2/b8-7-/t28-/m0/s1. The lowest BCUT2D eigenvalue weighted by molar-refractivity contribution is 0.0698. The van der Waals surface area contributed by atoms with Gasteiger partial charge in [-0.2, -0.15) is 0 Å². The molecule has 39 heavy (non-hydrogen) atoms. The Hall–Kier alpha value is -4.49. The maximum atomic E-state index is 13.9. The zero-order chi connectivity index (χ0) is 26.8. The van der Waals surface area contributed by atoms with Crippen LogP contribution >= 0.6 is 11.6 Å². The lowest BCUT2D eigenvalue weighted by Crippen LogP contribution is -2.55. The van der Waals surface area contributed by atoms with Crippen LogP contribution in [0.4, 0.5) is 0 Å². The summed E-state index contributed by atoms with van der Waals surface area (Å²) in [6.07, 6.45) is 5.42. The molecule has 0 spiro atoms. The Balaban J connectivity index is 1.55. The van der Waals surface area contributed by atoms with Gasteiger partial charge in [-0.3, -0.25) is 19.3 Å². The first-order chi connectivity index (χ1) is 19.1. The van der Waals surface area contributed by atoms with E-state index in [-0.39, 0.29) is 42.1 Å². The number of halogens is 1. The number of carbonyl (C=O) groups excluding carboxylic acids is 1. The molecular formula is C31H26ClN3O4. The summed E-state index contributed by atoms with van der Waals surface area (Å²) < 4.78 is 14.0. The van der Waals surface area contributed by atoms with Gasteiger partial charge in [-0.05, 0) is 29.3 Å². The zero-order valence-electron chi connectivity index (χ0n) is 21.1. The number of hydrogen-bond acceptors (Lipinski definition) is 5. The molecule has 0 fully saturated rings. The van der Waals surface area contributed by atoms with Gasteiger partial charge < -0.3 is 14.4 Å². The van der Waals surface area contributed by atoms with E-state index in [9.17, 15) is 9.59 Å². The number of pyridine rings is 1. The quantitative estimate of drug-likeness (QED) is 0.335. The molecule has 0 aliphatic carbocycles. The summed E-state index contributed by atoms with van der Waals surface area (Å²) in [6, 6.07) is 26.2. The predicted octanol–water partition coefficient (Wildman–Crippen LogP) is 5.17. The van der Waals surface area contributed by atoms with Crippen molar-refractivity contribution in [3.05, 3.63) is 141 Å². The van der Waals surface area contributed by atoms with Gasteiger partial charge in [0.15, 0.2) is 11.4 Å². The second-order valence-corrected chi connectivity index (χ2v) is 9.80. The van der Waals surface area contributed by atoms with Crippen molar-refractivity contribution >= 4 is 17.5 Å². The molecule has 0 radical (unpaired) electrons. The average Bonchev–Trinajstić information content (AvgIpc) is 2.99. The molecule has 2 aliphatic heterocycles. The SMILES string of the molecule is O=C1c2c(OCc3ccccc3)c(=O)ccn2N2CN1C/C=C\COc1cc(Cl)ccc1[C@@H]2c1ccccc1. The molecule has 7 nitrogen and oxygen atoms in total. The molecule has 8 heteroatoms. The van der Waals surface area contributed by atoms with Crippen molar-refractivity contribution in [1.29, 1.82) is 0 Å². The molecule has 2 aliphatic rings. The second kappa shape index (κ2) is 10.7. The van der Waals surface area contributed by atoms with Gasteiger partial charge in [-0.25, -0.2) is 0 Å². The first-order valence-electron chi connectivity index (χ1n) is 12.7. The Morgan fingerprint density at radius 2 is 1.69 bits per heavy atom. The van der Waals surface area contributed by atoms with E-state index >= 15 is 0 Å². The minimum absolute atomic E-state index is 0.0271. The van der Waals surface area contributed by atoms with Crippen molar-refractivity contribution < 1.29 is 14.3 Å². The largest absolute Gasteiger partial charge is 0.489 e. The molecule has 0 saturated heterocycles. The fraction of sp³-hybridized carbons (Fsp3) is 0.161. The monoisotopic (exact) mass is 539 g/mol. The first kappa shape index (κ1) is 24.8. The van der Waals surface area contributed by atoms with Crippen molar-refractivity contribution in [1.82, 2.24) is 9.58 Å². The molecule has 196 valence electrons. The molecule has 1 atom stereocenters. The normalized spacial score (nSPS) is 17.4. The van der Waals surface area contributed by atoms with Crippen molar-refractivity contribution in [2.75, 3.05) is 24.8 Å². The van der Waals surface area contributed by atoms with Gasteiger partial charge in [0.1, 0.15) is 31.7 Å². The summed E-state index contributed by atoms with van der Waals surface area (Å²) in [7, 11) is 0. The van der Waals surface area contributed by atoms with Gasteiger partial charge in [0.25, 0.3) is 5.91 Å². The van der Waals surface area contributed by atoms with Gasteiger partial charge in [-0.15, -0.1) is 0 Å². The van der Waals surface area contributed by atoms with E-state index in [0.29, 0.717) is 23.9 Å². The fourth-order valence-corrected chi connectivity index (χ4v) is 5.17. The highest BCUT2D eigenvalue weighted by atomic mass is 35.5. The van der Waals surface area contributed by atoms with Crippen LogP contribution in [-0.4, -0.2) is 35.3 Å². The molecular weight excluding hydrogens is 514 g/mol. The van der Waals surface area contributed by atoms with Crippen molar-refractivity contribution in [3.63, 3.8) is 0 Å². The van der Waals surface area contributed by atoms with Crippen LogP contribution in [0.2, 0.25) is 5.02 Å². The van der Waals surface area contributed by atoms with Crippen molar-refractivity contribution in [3.8, 4) is 11.5 Å². The van der Waals surface area contributed by atoms with Crippen molar-refractivity contribution in [2.45, 2.75) is 12.6 Å². The highest BCUT2D eigenvalue weighted by molar-refractivity contribution is 6.30. The van der Waals surface area contributed by atoms with Gasteiger partial charge in [0.05, 0.1) is 0 Å². The maximum Gasteiger partial charge on any atom is 0.278 e. The Morgan fingerprint density at radius 3 is 2.49 bits per heavy atom. The summed E-state index contributed by atoms with van der Waals surface area (Å²) >= 11 is 6.38. The smallest absolute Gasteiger partial charge is 0.278 e.